The van der Waals surface area contributed by atoms with Crippen LogP contribution in [0.3, 0.4) is 0 Å². The molecule has 4 rings (SSSR count). The van der Waals surface area contributed by atoms with Gasteiger partial charge >= 0.3 is 0 Å². The van der Waals surface area contributed by atoms with E-state index in [4.69, 9.17) is 14.9 Å². The first kappa shape index (κ1) is 17.6. The van der Waals surface area contributed by atoms with Gasteiger partial charge in [0.05, 0.1) is 12.2 Å². The Morgan fingerprint density at radius 2 is 2.00 bits per heavy atom. The Morgan fingerprint density at radius 1 is 1.11 bits per heavy atom. The van der Waals surface area contributed by atoms with Gasteiger partial charge in [0, 0.05) is 18.2 Å². The summed E-state index contributed by atoms with van der Waals surface area (Å²) in [6, 6.07) is 15.9. The van der Waals surface area contributed by atoms with E-state index in [0.717, 1.165) is 5.52 Å². The molecule has 0 fully saturated rings. The minimum absolute atomic E-state index is 0.185. The third-order valence-electron chi connectivity index (χ3n) is 3.96. The Balaban J connectivity index is 1.43. The lowest BCUT2D eigenvalue weighted by Crippen LogP contribution is -2.22. The van der Waals surface area contributed by atoms with Crippen molar-refractivity contribution in [1.29, 1.82) is 0 Å². The maximum Gasteiger partial charge on any atom is 0.251 e. The topological polar surface area (TPSA) is 116 Å². The monoisotopic (exact) mass is 375 g/mol. The van der Waals surface area contributed by atoms with Crippen LogP contribution >= 0.6 is 0 Å². The van der Waals surface area contributed by atoms with Crippen molar-refractivity contribution in [2.75, 3.05) is 0 Å². The van der Waals surface area contributed by atoms with Gasteiger partial charge in [-0.1, -0.05) is 18.2 Å². The van der Waals surface area contributed by atoms with Crippen LogP contribution in [0.2, 0.25) is 0 Å². The molecule has 0 unspecified atom stereocenters. The molecule has 140 valence electrons. The maximum atomic E-state index is 12.5. The van der Waals surface area contributed by atoms with Crippen molar-refractivity contribution in [2.24, 2.45) is 5.73 Å². The predicted octanol–water partition coefficient (Wildman–Crippen LogP) is 2.80. The zero-order valence-electron chi connectivity index (χ0n) is 14.8. The van der Waals surface area contributed by atoms with Crippen LogP contribution in [0.5, 0.6) is 11.6 Å². The highest BCUT2D eigenvalue weighted by Crippen LogP contribution is 2.21. The third-order valence-corrected chi connectivity index (χ3v) is 3.96. The lowest BCUT2D eigenvalue weighted by atomic mass is 10.2. The molecular formula is C20H17N5O3. The number of rotatable bonds is 6. The van der Waals surface area contributed by atoms with E-state index < -0.39 is 0 Å². The number of para-hydroxylation sites is 2. The summed E-state index contributed by atoms with van der Waals surface area (Å²) in [6.07, 6.45) is 1.38. The normalized spacial score (nSPS) is 10.8. The summed E-state index contributed by atoms with van der Waals surface area (Å²) in [5.74, 6) is 1.02. The number of amides is 1. The molecule has 0 aliphatic carbocycles. The van der Waals surface area contributed by atoms with Crippen LogP contribution in [0.25, 0.3) is 11.1 Å². The van der Waals surface area contributed by atoms with Crippen LogP contribution < -0.4 is 15.8 Å². The molecule has 2 aromatic carbocycles. The van der Waals surface area contributed by atoms with Gasteiger partial charge in [-0.25, -0.2) is 15.0 Å². The van der Waals surface area contributed by atoms with Gasteiger partial charge in [-0.15, -0.1) is 0 Å². The van der Waals surface area contributed by atoms with Crippen LogP contribution in [0, 0.1) is 0 Å². The number of carbonyl (C=O) groups excluding carboxylic acids is 1. The molecule has 28 heavy (non-hydrogen) atoms. The van der Waals surface area contributed by atoms with Gasteiger partial charge < -0.3 is 20.2 Å². The molecule has 4 aromatic rings. The highest BCUT2D eigenvalue weighted by molar-refractivity contribution is 5.94. The fourth-order valence-corrected chi connectivity index (χ4v) is 2.62. The van der Waals surface area contributed by atoms with Gasteiger partial charge in [0.15, 0.2) is 5.58 Å². The second-order valence-corrected chi connectivity index (χ2v) is 5.94. The lowest BCUT2D eigenvalue weighted by molar-refractivity contribution is 0.0947. The van der Waals surface area contributed by atoms with E-state index >= 15 is 0 Å². The fraction of sp³-hybridized carbons (Fsp3) is 0.100. The van der Waals surface area contributed by atoms with E-state index in [1.807, 2.05) is 24.3 Å². The van der Waals surface area contributed by atoms with Gasteiger partial charge in [0.2, 0.25) is 11.8 Å². The van der Waals surface area contributed by atoms with E-state index in [2.05, 4.69) is 20.3 Å². The van der Waals surface area contributed by atoms with Crippen molar-refractivity contribution in [3.8, 4) is 11.6 Å². The molecule has 2 aromatic heterocycles. The number of hydrogen-bond donors (Lipinski definition) is 2. The number of carbonyl (C=O) groups is 1. The second-order valence-electron chi connectivity index (χ2n) is 5.94. The van der Waals surface area contributed by atoms with E-state index in [0.29, 0.717) is 34.4 Å². The number of hydrogen-bond acceptors (Lipinski definition) is 7. The van der Waals surface area contributed by atoms with Crippen LogP contribution in [0.4, 0.5) is 0 Å². The quantitative estimate of drug-likeness (QED) is 0.532. The smallest absolute Gasteiger partial charge is 0.251 e. The van der Waals surface area contributed by atoms with Crippen molar-refractivity contribution in [1.82, 2.24) is 20.3 Å². The third kappa shape index (κ3) is 3.97. The zero-order valence-corrected chi connectivity index (χ0v) is 14.8. The van der Waals surface area contributed by atoms with Crippen LogP contribution in [0.15, 0.2) is 65.3 Å². The number of fused-ring (bicyclic) bond motifs is 1. The number of benzene rings is 2. The molecule has 0 aliphatic heterocycles. The molecule has 0 atom stereocenters. The first-order valence-corrected chi connectivity index (χ1v) is 8.63. The summed E-state index contributed by atoms with van der Waals surface area (Å²) < 4.78 is 11.3. The minimum atomic E-state index is -0.266. The molecular weight excluding hydrogens is 358 g/mol. The summed E-state index contributed by atoms with van der Waals surface area (Å²) in [5, 5.41) is 2.79. The summed E-state index contributed by atoms with van der Waals surface area (Å²) in [6.45, 7) is 0.474. The molecule has 0 aliphatic rings. The Kier molecular flexibility index (Phi) is 4.94. The first-order valence-electron chi connectivity index (χ1n) is 8.63. The number of ether oxygens (including phenoxy) is 1. The second kappa shape index (κ2) is 7.85. The van der Waals surface area contributed by atoms with Crippen molar-refractivity contribution in [3.63, 3.8) is 0 Å². The van der Waals surface area contributed by atoms with E-state index in [1.165, 1.54) is 6.33 Å². The molecule has 0 saturated carbocycles. The van der Waals surface area contributed by atoms with Gasteiger partial charge in [0.25, 0.3) is 5.91 Å². The van der Waals surface area contributed by atoms with Crippen molar-refractivity contribution in [3.05, 3.63) is 78.1 Å². The van der Waals surface area contributed by atoms with Gasteiger partial charge in [0.1, 0.15) is 17.6 Å². The standard InChI is InChI=1S/C20H17N5O3/c21-10-14-9-18(24-12-23-14)27-15-5-3-4-13(8-15)20(26)22-11-19-25-16-6-1-2-7-17(16)28-19/h1-9,12H,10-11,21H2,(H,22,26). The molecule has 2 heterocycles. The Bertz CT molecular complexity index is 1090. The predicted molar refractivity (Wildman–Crippen MR) is 102 cm³/mol. The van der Waals surface area contributed by atoms with Crippen molar-refractivity contribution < 1.29 is 13.9 Å². The summed E-state index contributed by atoms with van der Waals surface area (Å²) in [5.41, 5.74) is 8.12. The average Bonchev–Trinajstić information content (AvgIpc) is 3.15. The van der Waals surface area contributed by atoms with Gasteiger partial charge in [-0.2, -0.15) is 0 Å². The summed E-state index contributed by atoms with van der Waals surface area (Å²) in [4.78, 5) is 24.9. The number of nitrogens with one attached hydrogen (secondary N) is 1. The minimum Gasteiger partial charge on any atom is -0.439 e. The first-order chi connectivity index (χ1) is 13.7. The van der Waals surface area contributed by atoms with Crippen LogP contribution in [0.1, 0.15) is 21.9 Å². The largest absolute Gasteiger partial charge is 0.439 e. The van der Waals surface area contributed by atoms with Crippen LogP contribution in [-0.2, 0) is 13.1 Å². The molecule has 8 nitrogen and oxygen atoms in total. The molecule has 8 heteroatoms. The number of aromatic nitrogens is 3. The number of nitrogens with two attached hydrogens (primary N) is 1. The lowest BCUT2D eigenvalue weighted by Gasteiger charge is -2.07. The molecule has 3 N–H and O–H groups in total. The Labute approximate surface area is 160 Å². The van der Waals surface area contributed by atoms with Crippen molar-refractivity contribution in [2.45, 2.75) is 13.1 Å². The zero-order chi connectivity index (χ0) is 19.3. The Hall–Kier alpha value is -3.78. The summed E-state index contributed by atoms with van der Waals surface area (Å²) in [7, 11) is 0. The summed E-state index contributed by atoms with van der Waals surface area (Å²) >= 11 is 0. The Morgan fingerprint density at radius 3 is 2.86 bits per heavy atom. The SMILES string of the molecule is NCc1cc(Oc2cccc(C(=O)NCc3nc4ccccc4o3)c2)ncn1. The van der Waals surface area contributed by atoms with Gasteiger partial charge in [-0.05, 0) is 30.3 Å². The molecule has 1 amide bonds. The molecule has 0 spiro atoms. The van der Waals surface area contributed by atoms with E-state index in [-0.39, 0.29) is 19.0 Å². The average molecular weight is 375 g/mol. The molecule has 0 bridgehead atoms. The fourth-order valence-electron chi connectivity index (χ4n) is 2.62. The molecule has 0 radical (unpaired) electrons. The highest BCUT2D eigenvalue weighted by atomic mass is 16.5. The van der Waals surface area contributed by atoms with Crippen molar-refractivity contribution >= 4 is 17.0 Å². The van der Waals surface area contributed by atoms with E-state index in [1.54, 1.807) is 30.3 Å². The maximum absolute atomic E-state index is 12.5. The molecule has 0 saturated heterocycles. The number of oxazole rings is 1. The number of nitrogens with zero attached hydrogens (tertiary/aromatic N) is 3. The highest BCUT2D eigenvalue weighted by Gasteiger charge is 2.10. The van der Waals surface area contributed by atoms with Gasteiger partial charge in [-0.3, -0.25) is 4.79 Å². The van der Waals surface area contributed by atoms with Crippen LogP contribution in [-0.4, -0.2) is 20.9 Å². The van der Waals surface area contributed by atoms with E-state index in [9.17, 15) is 4.79 Å².